The molecule has 0 spiro atoms. The molecule has 176 valence electrons. The Hall–Kier alpha value is -4.25. The maximum atomic E-state index is 12.7. The Morgan fingerprint density at radius 2 is 1.57 bits per heavy atom. The smallest absolute Gasteiger partial charge is 0.407 e. The number of fused-ring (bicyclic) bond motifs is 1. The van der Waals surface area contributed by atoms with E-state index in [2.05, 4.69) is 47.0 Å². The molecular formula is C30H28N2O3. The number of carbonyl (C=O) groups is 1. The average molecular weight is 465 g/mol. The third-order valence-corrected chi connectivity index (χ3v) is 6.36. The standard InChI is InChI=1S/C30H28N2O3/c1-34-25-16-17-27-26(18-25)29(32-30(33)35-20-21-8-4-2-5-9-21)19-28(31-27)24-14-12-23(13-15-24)22-10-6-3-7-11-22/h2-18,28-29,31H,19-20H2,1H3,(H,32,33)/t28-,29-/m0/s1. The third kappa shape index (κ3) is 5.30. The van der Waals surface area contributed by atoms with Crippen LogP contribution in [0.2, 0.25) is 0 Å². The number of carbonyl (C=O) groups excluding carboxylic acids is 1. The van der Waals surface area contributed by atoms with Gasteiger partial charge in [-0.1, -0.05) is 84.9 Å². The average Bonchev–Trinajstić information content (AvgIpc) is 2.93. The van der Waals surface area contributed by atoms with Crippen LogP contribution in [0.5, 0.6) is 5.75 Å². The Balaban J connectivity index is 1.35. The van der Waals surface area contributed by atoms with Gasteiger partial charge in [0.05, 0.1) is 19.2 Å². The lowest BCUT2D eigenvalue weighted by atomic mass is 9.88. The summed E-state index contributed by atoms with van der Waals surface area (Å²) >= 11 is 0. The molecule has 4 aromatic rings. The molecule has 1 amide bonds. The van der Waals surface area contributed by atoms with E-state index in [-0.39, 0.29) is 18.7 Å². The molecule has 2 atom stereocenters. The van der Waals surface area contributed by atoms with Crippen LogP contribution < -0.4 is 15.4 Å². The van der Waals surface area contributed by atoms with Gasteiger partial charge in [0, 0.05) is 11.3 Å². The van der Waals surface area contributed by atoms with Gasteiger partial charge >= 0.3 is 6.09 Å². The van der Waals surface area contributed by atoms with Crippen molar-refractivity contribution >= 4 is 11.8 Å². The van der Waals surface area contributed by atoms with E-state index in [0.717, 1.165) is 28.1 Å². The zero-order valence-corrected chi connectivity index (χ0v) is 19.6. The predicted octanol–water partition coefficient (Wildman–Crippen LogP) is 6.89. The van der Waals surface area contributed by atoms with Crippen LogP contribution in [0.25, 0.3) is 11.1 Å². The van der Waals surface area contributed by atoms with Crippen molar-refractivity contribution in [3.8, 4) is 16.9 Å². The van der Waals surface area contributed by atoms with Crippen molar-refractivity contribution < 1.29 is 14.3 Å². The molecule has 1 aliphatic heterocycles. The maximum Gasteiger partial charge on any atom is 0.407 e. The van der Waals surface area contributed by atoms with E-state index in [0.29, 0.717) is 6.42 Å². The molecule has 0 aliphatic carbocycles. The van der Waals surface area contributed by atoms with E-state index in [1.54, 1.807) is 7.11 Å². The topological polar surface area (TPSA) is 59.6 Å². The van der Waals surface area contributed by atoms with Crippen LogP contribution in [0.15, 0.2) is 103 Å². The summed E-state index contributed by atoms with van der Waals surface area (Å²) < 4.78 is 10.9. The van der Waals surface area contributed by atoms with Crippen LogP contribution in [-0.4, -0.2) is 13.2 Å². The molecule has 5 rings (SSSR count). The van der Waals surface area contributed by atoms with E-state index in [1.807, 2.05) is 66.7 Å². The number of ether oxygens (including phenoxy) is 2. The Morgan fingerprint density at radius 3 is 2.29 bits per heavy atom. The lowest BCUT2D eigenvalue weighted by molar-refractivity contribution is 0.134. The molecule has 0 saturated carbocycles. The van der Waals surface area contributed by atoms with Gasteiger partial charge in [0.1, 0.15) is 12.4 Å². The molecular weight excluding hydrogens is 436 g/mol. The van der Waals surface area contributed by atoms with Gasteiger partial charge in [-0.3, -0.25) is 0 Å². The third-order valence-electron chi connectivity index (χ3n) is 6.36. The lowest BCUT2D eigenvalue weighted by Gasteiger charge is -2.34. The zero-order chi connectivity index (χ0) is 24.0. The van der Waals surface area contributed by atoms with E-state index in [1.165, 1.54) is 11.1 Å². The molecule has 0 aromatic heterocycles. The van der Waals surface area contributed by atoms with E-state index >= 15 is 0 Å². The number of nitrogens with one attached hydrogen (secondary N) is 2. The van der Waals surface area contributed by atoms with Crippen LogP contribution in [0.4, 0.5) is 10.5 Å². The fraction of sp³-hybridized carbons (Fsp3) is 0.167. The highest BCUT2D eigenvalue weighted by Gasteiger charge is 2.29. The molecule has 0 saturated heterocycles. The minimum absolute atomic E-state index is 0.0418. The van der Waals surface area contributed by atoms with Crippen LogP contribution in [0.3, 0.4) is 0 Å². The number of hydrogen-bond acceptors (Lipinski definition) is 4. The molecule has 35 heavy (non-hydrogen) atoms. The van der Waals surface area contributed by atoms with Gasteiger partial charge < -0.3 is 20.1 Å². The summed E-state index contributed by atoms with van der Waals surface area (Å²) in [7, 11) is 1.64. The number of methoxy groups -OCH3 is 1. The molecule has 2 N–H and O–H groups in total. The van der Waals surface area contributed by atoms with Crippen molar-refractivity contribution in [1.82, 2.24) is 5.32 Å². The largest absolute Gasteiger partial charge is 0.497 e. The zero-order valence-electron chi connectivity index (χ0n) is 19.6. The van der Waals surface area contributed by atoms with Gasteiger partial charge in [-0.25, -0.2) is 4.79 Å². The fourth-order valence-electron chi connectivity index (χ4n) is 4.50. The summed E-state index contributed by atoms with van der Waals surface area (Å²) in [6.07, 6.45) is 0.248. The van der Waals surface area contributed by atoms with Crippen molar-refractivity contribution in [2.45, 2.75) is 25.1 Å². The second-order valence-corrected chi connectivity index (χ2v) is 8.63. The molecule has 4 aromatic carbocycles. The quantitative estimate of drug-likeness (QED) is 0.326. The van der Waals surface area contributed by atoms with Gasteiger partial charge in [0.2, 0.25) is 0 Å². The molecule has 0 bridgehead atoms. The van der Waals surface area contributed by atoms with Gasteiger partial charge in [-0.2, -0.15) is 0 Å². The molecule has 0 radical (unpaired) electrons. The SMILES string of the molecule is COc1ccc2c(c1)[C@@H](NC(=O)OCc1ccccc1)C[C@@H](c1ccc(-c3ccccc3)cc1)N2. The van der Waals surface area contributed by atoms with Crippen LogP contribution >= 0.6 is 0 Å². The van der Waals surface area contributed by atoms with Crippen molar-refractivity contribution in [2.24, 2.45) is 0 Å². The molecule has 0 unspecified atom stereocenters. The number of benzene rings is 4. The summed E-state index contributed by atoms with van der Waals surface area (Å²) in [4.78, 5) is 12.7. The van der Waals surface area contributed by atoms with Crippen LogP contribution in [0, 0.1) is 0 Å². The first-order valence-electron chi connectivity index (χ1n) is 11.8. The summed E-state index contributed by atoms with van der Waals surface area (Å²) in [5.41, 5.74) is 6.44. The molecule has 1 aliphatic rings. The number of hydrogen-bond donors (Lipinski definition) is 2. The first-order chi connectivity index (χ1) is 17.2. The van der Waals surface area contributed by atoms with Gasteiger partial charge in [0.25, 0.3) is 0 Å². The monoisotopic (exact) mass is 464 g/mol. The van der Waals surface area contributed by atoms with Crippen LogP contribution in [0.1, 0.15) is 35.2 Å². The Labute approximate surface area is 205 Å². The lowest BCUT2D eigenvalue weighted by Crippen LogP contribution is -2.34. The highest BCUT2D eigenvalue weighted by molar-refractivity contribution is 5.70. The van der Waals surface area contributed by atoms with Crippen LogP contribution in [-0.2, 0) is 11.3 Å². The van der Waals surface area contributed by atoms with Gasteiger partial charge in [-0.15, -0.1) is 0 Å². The van der Waals surface area contributed by atoms with Crippen molar-refractivity contribution in [2.75, 3.05) is 12.4 Å². The van der Waals surface area contributed by atoms with E-state index in [9.17, 15) is 4.79 Å². The number of amides is 1. The fourth-order valence-corrected chi connectivity index (χ4v) is 4.50. The number of rotatable bonds is 6. The Bertz CT molecular complexity index is 1270. The highest BCUT2D eigenvalue weighted by Crippen LogP contribution is 2.41. The van der Waals surface area contributed by atoms with Gasteiger partial charge in [0.15, 0.2) is 0 Å². The van der Waals surface area contributed by atoms with Crippen molar-refractivity contribution in [3.63, 3.8) is 0 Å². The maximum absolute atomic E-state index is 12.7. The van der Waals surface area contributed by atoms with Crippen molar-refractivity contribution in [1.29, 1.82) is 0 Å². The van der Waals surface area contributed by atoms with E-state index in [4.69, 9.17) is 9.47 Å². The normalized spacial score (nSPS) is 16.5. The summed E-state index contributed by atoms with van der Waals surface area (Å²) in [5.74, 6) is 0.751. The van der Waals surface area contributed by atoms with Gasteiger partial charge in [-0.05, 0) is 46.9 Å². The molecule has 1 heterocycles. The summed E-state index contributed by atoms with van der Waals surface area (Å²) in [5, 5.41) is 6.71. The van der Waals surface area contributed by atoms with Crippen molar-refractivity contribution in [3.05, 3.63) is 120 Å². The first kappa shape index (κ1) is 22.5. The Kier molecular flexibility index (Phi) is 6.66. The summed E-state index contributed by atoms with van der Waals surface area (Å²) in [6, 6.07) is 34.3. The Morgan fingerprint density at radius 1 is 0.886 bits per heavy atom. The minimum atomic E-state index is -0.437. The summed E-state index contributed by atoms with van der Waals surface area (Å²) in [6.45, 7) is 0.229. The molecule has 0 fully saturated rings. The predicted molar refractivity (Wildman–Crippen MR) is 138 cm³/mol. The first-order valence-corrected chi connectivity index (χ1v) is 11.8. The van der Waals surface area contributed by atoms with E-state index < -0.39 is 6.09 Å². The molecule has 5 heteroatoms. The second kappa shape index (κ2) is 10.3. The number of alkyl carbamates (subject to hydrolysis) is 1. The minimum Gasteiger partial charge on any atom is -0.497 e. The second-order valence-electron chi connectivity index (χ2n) is 8.63. The number of anilines is 1. The highest BCUT2D eigenvalue weighted by atomic mass is 16.5. The molecule has 5 nitrogen and oxygen atoms in total.